The van der Waals surface area contributed by atoms with Gasteiger partial charge in [0.25, 0.3) is 0 Å². The van der Waals surface area contributed by atoms with Crippen LogP contribution in [0, 0.1) is 42.9 Å². The van der Waals surface area contributed by atoms with Crippen LogP contribution in [-0.2, 0) is 27.1 Å². The number of nitrogens with zero attached hydrogens (tertiary/aromatic N) is 1. The Kier molecular flexibility index (Phi) is 6.84. The minimum atomic E-state index is -0.671. The molecule has 35 heavy (non-hydrogen) atoms. The molecule has 0 aromatic heterocycles. The molecule has 8 aliphatic carbocycles. The fourth-order valence-corrected chi connectivity index (χ4v) is 17.7. The van der Waals surface area contributed by atoms with Gasteiger partial charge < -0.3 is 17.1 Å². The van der Waals surface area contributed by atoms with Gasteiger partial charge in [0.2, 0.25) is 0 Å². The Labute approximate surface area is 231 Å². The first-order valence-corrected chi connectivity index (χ1v) is 16.0. The SMILES string of the molecule is [Au+].[CH3-].c1ccc([PH+](C23CC4CC(CC(C4)C2)C3)C23CC4CC(CC(C4)C2)C3)c(N2CCOCC2)c1. The van der Waals surface area contributed by atoms with Crippen LogP contribution < -0.4 is 10.2 Å². The summed E-state index contributed by atoms with van der Waals surface area (Å²) in [6, 6.07) is 9.95. The summed E-state index contributed by atoms with van der Waals surface area (Å²) in [5.74, 6) is 6.42. The van der Waals surface area contributed by atoms with E-state index in [1.54, 1.807) is 82.7 Å². The van der Waals surface area contributed by atoms with Crippen molar-refractivity contribution in [3.63, 3.8) is 0 Å². The quantitative estimate of drug-likeness (QED) is 0.199. The Bertz CT molecular complexity index is 812. The second-order valence-corrected chi connectivity index (χ2v) is 17.3. The molecule has 8 bridgehead atoms. The molecule has 0 unspecified atom stereocenters. The molecule has 2 nitrogen and oxygen atoms in total. The number of hydrogen-bond donors (Lipinski definition) is 0. The van der Waals surface area contributed by atoms with Crippen LogP contribution in [0.15, 0.2) is 24.3 Å². The van der Waals surface area contributed by atoms with Gasteiger partial charge in [-0.2, -0.15) is 0 Å². The average Bonchev–Trinajstić information content (AvgIpc) is 2.78. The van der Waals surface area contributed by atoms with Crippen molar-refractivity contribution in [1.29, 1.82) is 0 Å². The van der Waals surface area contributed by atoms with Gasteiger partial charge in [0.05, 0.1) is 29.2 Å². The molecule has 0 N–H and O–H groups in total. The molecule has 9 fully saturated rings. The van der Waals surface area contributed by atoms with E-state index in [0.717, 1.165) is 61.8 Å². The Morgan fingerprint density at radius 1 is 0.657 bits per heavy atom. The molecule has 0 spiro atoms. The Balaban J connectivity index is 0.00000114. The van der Waals surface area contributed by atoms with E-state index in [1.807, 2.05) is 5.30 Å². The third-order valence-corrected chi connectivity index (χ3v) is 16.0. The molecule has 196 valence electrons. The summed E-state index contributed by atoms with van der Waals surface area (Å²) < 4.78 is 5.79. The fourth-order valence-electron chi connectivity index (χ4n) is 11.7. The van der Waals surface area contributed by atoms with Gasteiger partial charge in [-0.3, -0.25) is 0 Å². The standard InChI is InChI=1S/C30H42NOP.CH3.Au/c1-2-4-28(27(3-1)31-5-7-32-8-6-31)33(29-15-21-9-22(16-29)11-23(10-21)17-29)30-18-24-12-25(19-30)14-26(13-24)20-30;;/h1-4,21-26H,5-20H2;1H3;/q;-1;+1/p+1. The van der Waals surface area contributed by atoms with Gasteiger partial charge in [-0.25, -0.2) is 0 Å². The van der Waals surface area contributed by atoms with E-state index in [2.05, 4.69) is 29.2 Å². The van der Waals surface area contributed by atoms with Gasteiger partial charge in [0, 0.05) is 21.0 Å². The zero-order chi connectivity index (χ0) is 21.6. The monoisotopic (exact) mass is 676 g/mol. The summed E-state index contributed by atoms with van der Waals surface area (Å²) in [7, 11) is -0.671. The largest absolute Gasteiger partial charge is 1.00 e. The maximum atomic E-state index is 5.79. The zero-order valence-corrected chi connectivity index (χ0v) is 24.9. The first-order valence-electron chi connectivity index (χ1n) is 14.5. The van der Waals surface area contributed by atoms with Crippen molar-refractivity contribution >= 4 is 18.9 Å². The van der Waals surface area contributed by atoms with Crippen LogP contribution in [0.4, 0.5) is 5.69 Å². The molecule has 0 amide bonds. The van der Waals surface area contributed by atoms with Crippen molar-refractivity contribution < 1.29 is 27.1 Å². The summed E-state index contributed by atoms with van der Waals surface area (Å²) in [5, 5.41) is 3.29. The van der Waals surface area contributed by atoms with Crippen LogP contribution >= 0.6 is 7.92 Å². The zero-order valence-electron chi connectivity index (χ0n) is 21.7. The van der Waals surface area contributed by atoms with E-state index >= 15 is 0 Å². The molecular formula is C31H46AuNOP+. The predicted octanol–water partition coefficient (Wildman–Crippen LogP) is 6.75. The van der Waals surface area contributed by atoms with E-state index in [4.69, 9.17) is 4.74 Å². The predicted molar refractivity (Wildman–Crippen MR) is 146 cm³/mol. The van der Waals surface area contributed by atoms with Crippen molar-refractivity contribution in [3.05, 3.63) is 31.7 Å². The molecule has 1 aliphatic heterocycles. The van der Waals surface area contributed by atoms with Crippen molar-refractivity contribution in [3.8, 4) is 0 Å². The van der Waals surface area contributed by atoms with E-state index < -0.39 is 7.92 Å². The normalized spacial score (nSPS) is 45.7. The summed E-state index contributed by atoms with van der Waals surface area (Å²) in [5.41, 5.74) is 1.64. The Morgan fingerprint density at radius 3 is 1.49 bits per heavy atom. The van der Waals surface area contributed by atoms with Crippen LogP contribution in [0.5, 0.6) is 0 Å². The molecule has 10 rings (SSSR count). The van der Waals surface area contributed by atoms with Gasteiger partial charge in [0.15, 0.2) is 0 Å². The molecule has 0 radical (unpaired) electrons. The molecule has 0 atom stereocenters. The first kappa shape index (κ1) is 25.4. The Morgan fingerprint density at radius 2 is 1.06 bits per heavy atom. The van der Waals surface area contributed by atoms with E-state index in [-0.39, 0.29) is 29.8 Å². The van der Waals surface area contributed by atoms with Crippen LogP contribution in [0.1, 0.15) is 77.0 Å². The van der Waals surface area contributed by atoms with Crippen LogP contribution in [0.3, 0.4) is 0 Å². The van der Waals surface area contributed by atoms with Crippen LogP contribution in [-0.4, -0.2) is 36.6 Å². The van der Waals surface area contributed by atoms with E-state index in [0.29, 0.717) is 10.3 Å². The average molecular weight is 677 g/mol. The van der Waals surface area contributed by atoms with Crippen LogP contribution in [0.25, 0.3) is 0 Å². The molecule has 8 saturated carbocycles. The third kappa shape index (κ3) is 4.07. The topological polar surface area (TPSA) is 12.5 Å². The van der Waals surface area contributed by atoms with Gasteiger partial charge in [-0.05, 0) is 125 Å². The number of anilines is 1. The maximum absolute atomic E-state index is 5.79. The van der Waals surface area contributed by atoms with Crippen molar-refractivity contribution in [2.24, 2.45) is 35.5 Å². The summed E-state index contributed by atoms with van der Waals surface area (Å²) >= 11 is 0. The van der Waals surface area contributed by atoms with Gasteiger partial charge >= 0.3 is 22.4 Å². The fraction of sp³-hybridized carbons (Fsp3) is 0.774. The molecular weight excluding hydrogens is 630 g/mol. The minimum absolute atomic E-state index is 0. The minimum Gasteiger partial charge on any atom is -0.378 e. The molecule has 1 heterocycles. The first-order chi connectivity index (χ1) is 16.2. The number of ether oxygens (including phenoxy) is 1. The van der Waals surface area contributed by atoms with E-state index in [9.17, 15) is 0 Å². The second-order valence-electron chi connectivity index (χ2n) is 13.9. The number of rotatable bonds is 4. The second kappa shape index (κ2) is 9.41. The van der Waals surface area contributed by atoms with Crippen molar-refractivity contribution in [1.82, 2.24) is 0 Å². The summed E-state index contributed by atoms with van der Waals surface area (Å²) in [6.07, 6.45) is 19.1. The maximum Gasteiger partial charge on any atom is 1.00 e. The number of morpholine rings is 1. The van der Waals surface area contributed by atoms with Gasteiger partial charge in [0.1, 0.15) is 5.30 Å². The molecule has 1 saturated heterocycles. The number of hydrogen-bond acceptors (Lipinski definition) is 2. The third-order valence-electron chi connectivity index (χ3n) is 11.7. The summed E-state index contributed by atoms with van der Waals surface area (Å²) in [4.78, 5) is 2.73. The van der Waals surface area contributed by atoms with Gasteiger partial charge in [-0.15, -0.1) is 0 Å². The van der Waals surface area contributed by atoms with Crippen molar-refractivity contribution in [2.45, 2.75) is 87.4 Å². The molecule has 4 heteroatoms. The van der Waals surface area contributed by atoms with Crippen molar-refractivity contribution in [2.75, 3.05) is 31.2 Å². The summed E-state index contributed by atoms with van der Waals surface area (Å²) in [6.45, 7) is 4.00. The smallest absolute Gasteiger partial charge is 0.378 e. The molecule has 9 aliphatic rings. The van der Waals surface area contributed by atoms with Gasteiger partial charge in [-0.1, -0.05) is 12.1 Å². The number of benzene rings is 1. The van der Waals surface area contributed by atoms with Crippen LogP contribution in [0.2, 0.25) is 0 Å². The molecule has 1 aromatic carbocycles. The number of para-hydroxylation sites is 1. The molecule has 1 aromatic rings. The van der Waals surface area contributed by atoms with E-state index in [1.165, 1.54) is 0 Å². The Hall–Kier alpha value is 0.150.